The highest BCUT2D eigenvalue weighted by Crippen LogP contribution is 2.49. The highest BCUT2D eigenvalue weighted by atomic mass is 35.5. The minimum absolute atomic E-state index is 0.310. The van der Waals surface area contributed by atoms with Gasteiger partial charge in [-0.25, -0.2) is 9.18 Å². The average molecular weight is 552 g/mol. The Morgan fingerprint density at radius 1 is 1.10 bits per heavy atom. The lowest BCUT2D eigenvalue weighted by Gasteiger charge is -2.31. The van der Waals surface area contributed by atoms with Crippen molar-refractivity contribution >= 4 is 28.9 Å². The van der Waals surface area contributed by atoms with Gasteiger partial charge in [0.2, 0.25) is 0 Å². The van der Waals surface area contributed by atoms with Crippen LogP contribution >= 0.6 is 11.6 Å². The third-order valence-electron chi connectivity index (χ3n) is 7.54. The first-order chi connectivity index (χ1) is 18.4. The van der Waals surface area contributed by atoms with Gasteiger partial charge in [0.05, 0.1) is 12.2 Å². The zero-order valence-electron chi connectivity index (χ0n) is 23.4. The quantitative estimate of drug-likeness (QED) is 0.348. The van der Waals surface area contributed by atoms with Crippen molar-refractivity contribution < 1.29 is 23.8 Å². The number of carboxylic acid groups (broad SMARTS) is 1. The van der Waals surface area contributed by atoms with Crippen LogP contribution in [0.3, 0.4) is 0 Å². The SMILES string of the molecule is Cc1cc(Cl)cc(N2CCc3c2cc(C)c([C@H](OC(C)(C)C)C(=O)O)c3-c2cc(F)c3c(c2C)CCCO3)c1. The molecule has 2 heterocycles. The number of carboxylic acids is 1. The second-order valence-corrected chi connectivity index (χ2v) is 12.0. The smallest absolute Gasteiger partial charge is 0.337 e. The van der Waals surface area contributed by atoms with Gasteiger partial charge in [0.15, 0.2) is 17.7 Å². The number of fused-ring (bicyclic) bond motifs is 2. The van der Waals surface area contributed by atoms with Gasteiger partial charge in [-0.15, -0.1) is 0 Å². The fourth-order valence-corrected chi connectivity index (χ4v) is 6.27. The maximum absolute atomic E-state index is 15.5. The van der Waals surface area contributed by atoms with Crippen LogP contribution in [0.5, 0.6) is 5.75 Å². The average Bonchev–Trinajstić information content (AvgIpc) is 3.26. The Labute approximate surface area is 234 Å². The number of aliphatic carboxylic acids is 1. The molecule has 5 rings (SSSR count). The molecule has 0 aliphatic carbocycles. The standard InChI is InChI=1S/C32H35ClFNO4/c1-17-12-20(33)15-21(13-17)35-10-9-23-26(35)14-18(2)27(30(31(36)37)39-32(4,5)6)28(23)24-16-25(34)29-22(19(24)3)8-7-11-38-29/h12-16,30H,7-11H2,1-6H3,(H,36,37)/t30-/m0/s1. The fourth-order valence-electron chi connectivity index (χ4n) is 5.99. The Morgan fingerprint density at radius 3 is 2.51 bits per heavy atom. The molecule has 3 aromatic carbocycles. The molecule has 0 bridgehead atoms. The Hall–Kier alpha value is -3.09. The maximum Gasteiger partial charge on any atom is 0.337 e. The first-order valence-corrected chi connectivity index (χ1v) is 13.8. The molecule has 0 amide bonds. The lowest BCUT2D eigenvalue weighted by atomic mass is 9.83. The van der Waals surface area contributed by atoms with Crippen LogP contribution in [-0.4, -0.2) is 29.8 Å². The van der Waals surface area contributed by atoms with E-state index in [1.807, 2.05) is 59.7 Å². The van der Waals surface area contributed by atoms with E-state index in [0.717, 1.165) is 51.2 Å². The van der Waals surface area contributed by atoms with Crippen molar-refractivity contribution in [2.24, 2.45) is 0 Å². The van der Waals surface area contributed by atoms with Crippen LogP contribution in [0.15, 0.2) is 30.3 Å². The fraction of sp³-hybridized carbons (Fsp3) is 0.406. The Morgan fingerprint density at radius 2 is 1.85 bits per heavy atom. The lowest BCUT2D eigenvalue weighted by molar-refractivity contribution is -0.160. The van der Waals surface area contributed by atoms with Crippen molar-refractivity contribution in [3.05, 3.63) is 74.6 Å². The van der Waals surface area contributed by atoms with Crippen LogP contribution in [0.4, 0.5) is 15.8 Å². The van der Waals surface area contributed by atoms with Crippen LogP contribution in [0.2, 0.25) is 5.02 Å². The Balaban J connectivity index is 1.81. The summed E-state index contributed by atoms with van der Waals surface area (Å²) in [4.78, 5) is 14.9. The van der Waals surface area contributed by atoms with E-state index < -0.39 is 23.5 Å². The van der Waals surface area contributed by atoms with E-state index in [4.69, 9.17) is 21.1 Å². The van der Waals surface area contributed by atoms with Crippen molar-refractivity contribution in [2.75, 3.05) is 18.1 Å². The van der Waals surface area contributed by atoms with E-state index >= 15 is 4.39 Å². The molecule has 0 fully saturated rings. The first kappa shape index (κ1) is 27.5. The molecule has 0 saturated heterocycles. The number of nitrogens with zero attached hydrogens (tertiary/aromatic N) is 1. The van der Waals surface area contributed by atoms with E-state index in [1.165, 1.54) is 6.07 Å². The molecule has 0 aromatic heterocycles. The summed E-state index contributed by atoms with van der Waals surface area (Å²) < 4.78 is 27.4. The number of aryl methyl sites for hydroxylation is 2. The molecular formula is C32H35ClFNO4. The summed E-state index contributed by atoms with van der Waals surface area (Å²) in [6.07, 6.45) is 0.967. The second-order valence-electron chi connectivity index (χ2n) is 11.6. The van der Waals surface area contributed by atoms with Crippen molar-refractivity contribution in [3.63, 3.8) is 0 Å². The van der Waals surface area contributed by atoms with E-state index in [1.54, 1.807) is 0 Å². The predicted octanol–water partition coefficient (Wildman–Crippen LogP) is 8.03. The largest absolute Gasteiger partial charge is 0.490 e. The zero-order valence-corrected chi connectivity index (χ0v) is 24.1. The zero-order chi connectivity index (χ0) is 28.2. The number of carbonyl (C=O) groups is 1. The van der Waals surface area contributed by atoms with Crippen LogP contribution in [-0.2, 0) is 22.4 Å². The van der Waals surface area contributed by atoms with Gasteiger partial charge in [-0.05, 0) is 125 Å². The molecule has 7 heteroatoms. The van der Waals surface area contributed by atoms with Gasteiger partial charge in [-0.1, -0.05) is 11.6 Å². The molecule has 1 atom stereocenters. The maximum atomic E-state index is 15.5. The molecule has 39 heavy (non-hydrogen) atoms. The summed E-state index contributed by atoms with van der Waals surface area (Å²) in [6.45, 7) is 12.6. The summed E-state index contributed by atoms with van der Waals surface area (Å²) in [7, 11) is 0. The van der Waals surface area contributed by atoms with Gasteiger partial charge in [0, 0.05) is 34.1 Å². The normalized spacial score (nSPS) is 15.5. The van der Waals surface area contributed by atoms with E-state index in [0.29, 0.717) is 47.9 Å². The summed E-state index contributed by atoms with van der Waals surface area (Å²) in [6, 6.07) is 9.50. The van der Waals surface area contributed by atoms with Crippen LogP contribution in [0.25, 0.3) is 11.1 Å². The van der Waals surface area contributed by atoms with Crippen LogP contribution < -0.4 is 9.64 Å². The van der Waals surface area contributed by atoms with E-state index in [9.17, 15) is 9.90 Å². The highest BCUT2D eigenvalue weighted by molar-refractivity contribution is 6.31. The molecule has 5 nitrogen and oxygen atoms in total. The number of ether oxygens (including phenoxy) is 2. The van der Waals surface area contributed by atoms with Crippen molar-refractivity contribution in [3.8, 4) is 16.9 Å². The summed E-state index contributed by atoms with van der Waals surface area (Å²) >= 11 is 6.42. The van der Waals surface area contributed by atoms with Crippen LogP contribution in [0, 0.1) is 26.6 Å². The minimum Gasteiger partial charge on any atom is -0.490 e. The van der Waals surface area contributed by atoms with Gasteiger partial charge in [0.1, 0.15) is 0 Å². The van der Waals surface area contributed by atoms with Crippen LogP contribution in [0.1, 0.15) is 66.7 Å². The van der Waals surface area contributed by atoms with Crippen molar-refractivity contribution in [2.45, 2.75) is 72.5 Å². The highest BCUT2D eigenvalue weighted by Gasteiger charge is 2.36. The molecule has 2 aliphatic heterocycles. The van der Waals surface area contributed by atoms with Gasteiger partial charge in [-0.3, -0.25) is 0 Å². The monoisotopic (exact) mass is 551 g/mol. The van der Waals surface area contributed by atoms with Gasteiger partial charge < -0.3 is 19.5 Å². The second kappa shape index (κ2) is 10.1. The van der Waals surface area contributed by atoms with Gasteiger partial charge >= 0.3 is 5.97 Å². The van der Waals surface area contributed by atoms with Gasteiger partial charge in [-0.2, -0.15) is 0 Å². The Bertz CT molecular complexity index is 1460. The third-order valence-corrected chi connectivity index (χ3v) is 7.75. The summed E-state index contributed by atoms with van der Waals surface area (Å²) in [5.74, 6) is -1.19. The summed E-state index contributed by atoms with van der Waals surface area (Å²) in [5.41, 5.74) is 7.82. The molecule has 0 saturated carbocycles. The summed E-state index contributed by atoms with van der Waals surface area (Å²) in [5, 5.41) is 11.1. The molecule has 206 valence electrons. The topological polar surface area (TPSA) is 59.0 Å². The van der Waals surface area contributed by atoms with Crippen molar-refractivity contribution in [1.29, 1.82) is 0 Å². The van der Waals surface area contributed by atoms with E-state index in [2.05, 4.69) is 11.0 Å². The third kappa shape index (κ3) is 5.12. The molecule has 0 radical (unpaired) electrons. The molecule has 3 aromatic rings. The number of halogens is 2. The Kier molecular flexibility index (Phi) is 7.15. The lowest BCUT2D eigenvalue weighted by Crippen LogP contribution is -2.28. The molecule has 0 unspecified atom stereocenters. The molecular weight excluding hydrogens is 517 g/mol. The van der Waals surface area contributed by atoms with Crippen molar-refractivity contribution in [1.82, 2.24) is 0 Å². The number of anilines is 2. The first-order valence-electron chi connectivity index (χ1n) is 13.4. The number of benzene rings is 3. The number of hydrogen-bond acceptors (Lipinski definition) is 4. The number of hydrogen-bond donors (Lipinski definition) is 1. The molecule has 0 spiro atoms. The molecule has 1 N–H and O–H groups in total. The number of rotatable bonds is 5. The predicted molar refractivity (Wildman–Crippen MR) is 153 cm³/mol. The van der Waals surface area contributed by atoms with E-state index in [-0.39, 0.29) is 0 Å². The van der Waals surface area contributed by atoms with Gasteiger partial charge in [0.25, 0.3) is 0 Å². The minimum atomic E-state index is -1.22. The molecule has 2 aliphatic rings.